The van der Waals surface area contributed by atoms with Gasteiger partial charge in [-0.05, 0) is 29.1 Å². The molecule has 5 nitrogen and oxygen atoms in total. The van der Waals surface area contributed by atoms with Crippen molar-refractivity contribution in [2.24, 2.45) is 0 Å². The number of fused-ring (bicyclic) bond motifs is 8. The van der Waals surface area contributed by atoms with Crippen molar-refractivity contribution in [3.63, 3.8) is 0 Å². The van der Waals surface area contributed by atoms with Crippen LogP contribution in [0.2, 0.25) is 0 Å². The third-order valence-corrected chi connectivity index (χ3v) is 9.14. The standard InChI is InChI=1S/C43H25N3O2/c1-3-13-27(14-4-1)41-44-42(28-15-5-2-6-16-28)46-43(45-41)34-21-11-23-36-38(34)32-20-9-19-31(40(32)48-36)30-18-10-22-35-37(30)33-25-24-26-12-7-8-17-29(26)39(33)47-35/h1-25H. The molecular formula is C43H25N3O2. The Balaban J connectivity index is 1.22. The van der Waals surface area contributed by atoms with Crippen LogP contribution >= 0.6 is 0 Å². The number of hydrogen-bond acceptors (Lipinski definition) is 5. The zero-order valence-electron chi connectivity index (χ0n) is 25.6. The van der Waals surface area contributed by atoms with E-state index in [4.69, 9.17) is 23.8 Å². The zero-order chi connectivity index (χ0) is 31.6. The van der Waals surface area contributed by atoms with Crippen molar-refractivity contribution in [3.05, 3.63) is 152 Å². The molecule has 10 rings (SSSR count). The molecule has 224 valence electrons. The van der Waals surface area contributed by atoms with E-state index in [1.165, 1.54) is 0 Å². The van der Waals surface area contributed by atoms with Crippen molar-refractivity contribution < 1.29 is 8.83 Å². The maximum absolute atomic E-state index is 6.74. The maximum Gasteiger partial charge on any atom is 0.164 e. The molecule has 7 aromatic carbocycles. The van der Waals surface area contributed by atoms with Crippen LogP contribution in [0.4, 0.5) is 0 Å². The summed E-state index contributed by atoms with van der Waals surface area (Å²) < 4.78 is 13.3. The van der Waals surface area contributed by atoms with E-state index in [2.05, 4.69) is 72.8 Å². The molecule has 3 heterocycles. The van der Waals surface area contributed by atoms with Gasteiger partial charge in [0.05, 0.1) is 0 Å². The molecule has 0 N–H and O–H groups in total. The first-order valence-electron chi connectivity index (χ1n) is 15.9. The first kappa shape index (κ1) is 26.6. The van der Waals surface area contributed by atoms with Crippen LogP contribution in [0.5, 0.6) is 0 Å². The fourth-order valence-corrected chi connectivity index (χ4v) is 6.95. The lowest BCUT2D eigenvalue weighted by Crippen LogP contribution is -2.00. The molecule has 0 fully saturated rings. The van der Waals surface area contributed by atoms with Crippen LogP contribution in [0.25, 0.3) is 99.9 Å². The zero-order valence-corrected chi connectivity index (χ0v) is 25.6. The van der Waals surface area contributed by atoms with Gasteiger partial charge >= 0.3 is 0 Å². The highest BCUT2D eigenvalue weighted by Gasteiger charge is 2.21. The van der Waals surface area contributed by atoms with Crippen LogP contribution < -0.4 is 0 Å². The predicted octanol–water partition coefficient (Wildman–Crippen LogP) is 11.5. The van der Waals surface area contributed by atoms with Gasteiger partial charge in [0.25, 0.3) is 0 Å². The summed E-state index contributed by atoms with van der Waals surface area (Å²) in [6.45, 7) is 0. The number of benzene rings is 7. The molecule has 0 saturated carbocycles. The van der Waals surface area contributed by atoms with Gasteiger partial charge in [0.15, 0.2) is 17.5 Å². The second-order valence-electron chi connectivity index (χ2n) is 11.9. The maximum atomic E-state index is 6.74. The lowest BCUT2D eigenvalue weighted by atomic mass is 9.96. The Morgan fingerprint density at radius 1 is 0.333 bits per heavy atom. The van der Waals surface area contributed by atoms with Gasteiger partial charge in [-0.2, -0.15) is 0 Å². The molecule has 0 bridgehead atoms. The number of rotatable bonds is 4. The van der Waals surface area contributed by atoms with E-state index in [9.17, 15) is 0 Å². The van der Waals surface area contributed by atoms with E-state index >= 15 is 0 Å². The van der Waals surface area contributed by atoms with E-state index < -0.39 is 0 Å². The Hall–Kier alpha value is -6.59. The Bertz CT molecular complexity index is 2780. The number of nitrogens with zero attached hydrogens (tertiary/aromatic N) is 3. The molecule has 0 aliphatic heterocycles. The molecule has 0 saturated heterocycles. The molecule has 0 unspecified atom stereocenters. The van der Waals surface area contributed by atoms with Gasteiger partial charge in [0.1, 0.15) is 22.3 Å². The average Bonchev–Trinajstić information content (AvgIpc) is 3.74. The van der Waals surface area contributed by atoms with Crippen molar-refractivity contribution >= 4 is 54.6 Å². The Morgan fingerprint density at radius 2 is 0.854 bits per heavy atom. The number of hydrogen-bond donors (Lipinski definition) is 0. The van der Waals surface area contributed by atoms with Gasteiger partial charge in [0.2, 0.25) is 0 Å². The van der Waals surface area contributed by atoms with Crippen molar-refractivity contribution in [2.45, 2.75) is 0 Å². The number of para-hydroxylation sites is 1. The molecular weight excluding hydrogens is 590 g/mol. The van der Waals surface area contributed by atoms with Gasteiger partial charge in [-0.1, -0.05) is 133 Å². The predicted molar refractivity (Wildman–Crippen MR) is 194 cm³/mol. The molecule has 0 spiro atoms. The smallest absolute Gasteiger partial charge is 0.164 e. The topological polar surface area (TPSA) is 65.0 Å². The molecule has 0 amide bonds. The van der Waals surface area contributed by atoms with E-state index in [1.807, 2.05) is 78.9 Å². The van der Waals surface area contributed by atoms with Crippen LogP contribution in [-0.4, -0.2) is 15.0 Å². The van der Waals surface area contributed by atoms with Crippen LogP contribution in [0, 0.1) is 0 Å². The van der Waals surface area contributed by atoms with E-state index in [-0.39, 0.29) is 0 Å². The SMILES string of the molecule is c1ccc(-c2nc(-c3ccccc3)nc(-c3cccc4oc5c(-c6cccc7oc8c9ccccc9ccc8c67)cccc5c34)n2)cc1. The van der Waals surface area contributed by atoms with E-state index in [1.54, 1.807) is 0 Å². The van der Waals surface area contributed by atoms with Crippen molar-refractivity contribution in [1.29, 1.82) is 0 Å². The van der Waals surface area contributed by atoms with Crippen molar-refractivity contribution in [2.75, 3.05) is 0 Å². The van der Waals surface area contributed by atoms with E-state index in [0.29, 0.717) is 17.5 Å². The number of furan rings is 2. The molecule has 0 aliphatic carbocycles. The second kappa shape index (κ2) is 10.5. The Kier molecular flexibility index (Phi) is 5.81. The van der Waals surface area contributed by atoms with Gasteiger partial charge in [0, 0.05) is 49.2 Å². The monoisotopic (exact) mass is 615 g/mol. The highest BCUT2D eigenvalue weighted by Crippen LogP contribution is 2.44. The lowest BCUT2D eigenvalue weighted by molar-refractivity contribution is 0.670. The summed E-state index contributed by atoms with van der Waals surface area (Å²) >= 11 is 0. The first-order valence-corrected chi connectivity index (χ1v) is 15.9. The van der Waals surface area contributed by atoms with Crippen LogP contribution in [0.3, 0.4) is 0 Å². The van der Waals surface area contributed by atoms with Crippen LogP contribution in [0.15, 0.2) is 160 Å². The third kappa shape index (κ3) is 4.08. The minimum atomic E-state index is 0.594. The van der Waals surface area contributed by atoms with Gasteiger partial charge in [-0.25, -0.2) is 15.0 Å². The Labute approximate surface area is 274 Å². The summed E-state index contributed by atoms with van der Waals surface area (Å²) in [6, 6.07) is 51.4. The summed E-state index contributed by atoms with van der Waals surface area (Å²) in [6.07, 6.45) is 0. The van der Waals surface area contributed by atoms with Crippen LogP contribution in [0.1, 0.15) is 0 Å². The molecule has 0 radical (unpaired) electrons. The summed E-state index contributed by atoms with van der Waals surface area (Å²) in [4.78, 5) is 15.0. The largest absolute Gasteiger partial charge is 0.455 e. The van der Waals surface area contributed by atoms with Crippen molar-refractivity contribution in [1.82, 2.24) is 15.0 Å². The molecule has 5 heteroatoms. The van der Waals surface area contributed by atoms with Crippen LogP contribution in [-0.2, 0) is 0 Å². The van der Waals surface area contributed by atoms with Crippen molar-refractivity contribution in [3.8, 4) is 45.3 Å². The summed E-state index contributed by atoms with van der Waals surface area (Å²) in [5.74, 6) is 1.84. The quantitative estimate of drug-likeness (QED) is 0.197. The normalized spacial score (nSPS) is 11.8. The van der Waals surface area contributed by atoms with Gasteiger partial charge in [-0.15, -0.1) is 0 Å². The summed E-state index contributed by atoms with van der Waals surface area (Å²) in [5.41, 5.74) is 8.13. The summed E-state index contributed by atoms with van der Waals surface area (Å²) in [7, 11) is 0. The fourth-order valence-electron chi connectivity index (χ4n) is 6.95. The average molecular weight is 616 g/mol. The van der Waals surface area contributed by atoms with E-state index in [0.717, 1.165) is 82.5 Å². The summed E-state index contributed by atoms with van der Waals surface area (Å²) in [5, 5.41) is 6.38. The highest BCUT2D eigenvalue weighted by molar-refractivity contribution is 6.22. The minimum Gasteiger partial charge on any atom is -0.455 e. The highest BCUT2D eigenvalue weighted by atomic mass is 16.3. The molecule has 48 heavy (non-hydrogen) atoms. The Morgan fingerprint density at radius 3 is 1.58 bits per heavy atom. The minimum absolute atomic E-state index is 0.594. The molecule has 3 aromatic heterocycles. The fraction of sp³-hybridized carbons (Fsp3) is 0. The lowest BCUT2D eigenvalue weighted by Gasteiger charge is -2.09. The second-order valence-corrected chi connectivity index (χ2v) is 11.9. The van der Waals surface area contributed by atoms with Gasteiger partial charge < -0.3 is 8.83 Å². The molecule has 0 aliphatic rings. The van der Waals surface area contributed by atoms with Gasteiger partial charge in [-0.3, -0.25) is 0 Å². The first-order chi connectivity index (χ1) is 23.8. The molecule has 10 aromatic rings. The number of aromatic nitrogens is 3. The molecule has 0 atom stereocenters. The third-order valence-electron chi connectivity index (χ3n) is 9.14.